The number of aromatic nitrogens is 2. The highest BCUT2D eigenvalue weighted by Gasteiger charge is 2.41. The molecule has 0 aliphatic rings. The number of para-hydroxylation sites is 2. The number of hydrogen-bond acceptors (Lipinski definition) is 1. The van der Waals surface area contributed by atoms with Crippen molar-refractivity contribution >= 4 is 89.5 Å². The second-order valence-corrected chi connectivity index (χ2v) is 23.5. The Kier molecular flexibility index (Phi) is 11.2. The summed E-state index contributed by atoms with van der Waals surface area (Å²) in [4.78, 5) is 2.44. The number of hydrogen-bond donors (Lipinski definition) is 0. The van der Waals surface area contributed by atoms with Crippen molar-refractivity contribution < 1.29 is 0 Å². The lowest BCUT2D eigenvalue weighted by Gasteiger charge is -2.35. The minimum Gasteiger partial charge on any atom is -0.311 e. The van der Waals surface area contributed by atoms with Gasteiger partial charge >= 0.3 is 0 Å². The van der Waals surface area contributed by atoms with E-state index >= 15 is 0 Å². The molecule has 0 N–H and O–H groups in total. The van der Waals surface area contributed by atoms with Gasteiger partial charge in [0.25, 0.3) is 0 Å². The smallest absolute Gasteiger partial charge is 0.179 e. The van der Waals surface area contributed by atoms with Crippen molar-refractivity contribution in [3.63, 3.8) is 0 Å². The zero-order chi connectivity index (χ0) is 50.4. The van der Waals surface area contributed by atoms with Crippen LogP contribution in [0.25, 0.3) is 77.2 Å². The third-order valence-electron chi connectivity index (χ3n) is 15.4. The van der Waals surface area contributed by atoms with Gasteiger partial charge in [-0.1, -0.05) is 212 Å². The predicted octanol–water partition coefficient (Wildman–Crippen LogP) is 16.1. The van der Waals surface area contributed by atoms with Gasteiger partial charge in [0.1, 0.15) is 0 Å². The minimum absolute atomic E-state index is 1.07. The fourth-order valence-corrected chi connectivity index (χ4v) is 16.8. The molecule has 2 heterocycles. The summed E-state index contributed by atoms with van der Waals surface area (Å²) < 4.78 is 4.83. The fraction of sp³-hybridized carbons (Fsp3) is 0. The number of anilines is 3. The van der Waals surface area contributed by atoms with Gasteiger partial charge < -0.3 is 14.0 Å². The summed E-state index contributed by atoms with van der Waals surface area (Å²) in [5.41, 5.74) is 15.0. The van der Waals surface area contributed by atoms with Crippen molar-refractivity contribution in [3.05, 3.63) is 309 Å². The summed E-state index contributed by atoms with van der Waals surface area (Å²) in [6.45, 7) is 0. The summed E-state index contributed by atoms with van der Waals surface area (Å²) in [7, 11) is -2.86. The van der Waals surface area contributed by atoms with E-state index in [1.165, 1.54) is 86.6 Å². The van der Waals surface area contributed by atoms with Crippen LogP contribution in [-0.2, 0) is 0 Å². The fourth-order valence-electron chi connectivity index (χ4n) is 12.0. The molecular weight excluding hydrogens is 935 g/mol. The van der Waals surface area contributed by atoms with Crippen molar-refractivity contribution in [2.75, 3.05) is 4.90 Å². The van der Waals surface area contributed by atoms with Crippen molar-refractivity contribution in [3.8, 4) is 33.6 Å². The molecule has 4 heteroatoms. The Morgan fingerprint density at radius 2 is 0.579 bits per heavy atom. The molecule has 2 aromatic heterocycles. The van der Waals surface area contributed by atoms with Crippen molar-refractivity contribution in [2.45, 2.75) is 0 Å². The molecule has 14 aromatic rings. The Bertz CT molecular complexity index is 4110. The Balaban J connectivity index is 0.951. The van der Waals surface area contributed by atoms with Gasteiger partial charge in [-0.3, -0.25) is 0 Å². The molecular formula is C72H51N3Si. The highest BCUT2D eigenvalue weighted by molar-refractivity contribution is 7.19. The SMILES string of the molecule is c1ccc(-c2ccc3c(c2)c2cc(-c4ccccc4)ccc2n3-c2ccc(N(c3ccc(-n4c5ccccc5c5ccccc54)cc3)c3cccc([Si](c4ccccc4)(c4ccccc4)c4ccccc4)c3)cc2)cc1. The summed E-state index contributed by atoms with van der Waals surface area (Å²) >= 11 is 0. The maximum atomic E-state index is 2.47. The second kappa shape index (κ2) is 18.9. The van der Waals surface area contributed by atoms with Gasteiger partial charge in [-0.15, -0.1) is 0 Å². The molecule has 0 bridgehead atoms. The molecule has 0 radical (unpaired) electrons. The van der Waals surface area contributed by atoms with Gasteiger partial charge in [-0.05, 0) is 140 Å². The summed E-state index contributed by atoms with van der Waals surface area (Å²) in [6, 6.07) is 114. The Labute approximate surface area is 444 Å². The monoisotopic (exact) mass is 985 g/mol. The topological polar surface area (TPSA) is 13.1 Å². The first-order valence-corrected chi connectivity index (χ1v) is 28.2. The first-order chi connectivity index (χ1) is 37.7. The molecule has 0 atom stereocenters. The Morgan fingerprint density at radius 3 is 1.00 bits per heavy atom. The average Bonchev–Trinajstić information content (AvgIpc) is 4.13. The third-order valence-corrected chi connectivity index (χ3v) is 20.2. The van der Waals surface area contributed by atoms with Crippen LogP contribution in [-0.4, -0.2) is 17.2 Å². The van der Waals surface area contributed by atoms with Gasteiger partial charge in [0.15, 0.2) is 8.07 Å². The van der Waals surface area contributed by atoms with E-state index in [2.05, 4.69) is 323 Å². The lowest BCUT2D eigenvalue weighted by molar-refractivity contribution is 1.17. The normalized spacial score (nSPS) is 11.7. The first kappa shape index (κ1) is 44.9. The van der Waals surface area contributed by atoms with Crippen molar-refractivity contribution in [1.82, 2.24) is 9.13 Å². The first-order valence-electron chi connectivity index (χ1n) is 26.2. The van der Waals surface area contributed by atoms with Gasteiger partial charge in [-0.25, -0.2) is 0 Å². The zero-order valence-electron chi connectivity index (χ0n) is 41.8. The molecule has 0 saturated carbocycles. The van der Waals surface area contributed by atoms with Crippen molar-refractivity contribution in [2.24, 2.45) is 0 Å². The van der Waals surface area contributed by atoms with Crippen LogP contribution < -0.4 is 25.6 Å². The summed E-state index contributed by atoms with van der Waals surface area (Å²) in [5.74, 6) is 0. The molecule has 0 aliphatic heterocycles. The van der Waals surface area contributed by atoms with Crippen LogP contribution in [0.1, 0.15) is 0 Å². The van der Waals surface area contributed by atoms with E-state index in [1.54, 1.807) is 0 Å². The quantitative estimate of drug-likeness (QED) is 0.0930. The molecule has 358 valence electrons. The molecule has 12 aromatic carbocycles. The van der Waals surface area contributed by atoms with E-state index in [9.17, 15) is 0 Å². The lowest BCUT2D eigenvalue weighted by Crippen LogP contribution is -2.74. The van der Waals surface area contributed by atoms with Crippen LogP contribution in [0, 0.1) is 0 Å². The average molecular weight is 986 g/mol. The highest BCUT2D eigenvalue weighted by atomic mass is 28.3. The van der Waals surface area contributed by atoms with Crippen LogP contribution >= 0.6 is 0 Å². The standard InChI is InChI=1S/C72H51N3Si/c1-6-21-52(22-7-1)54-37-47-71-67(49-54)68-50-55(53-23-8-2-9-24-53)38-48-72(68)75(71)59-45-41-57(42-46-59)73(56-39-43-58(44-40-56)74-69-35-18-16-33-65(69)66-34-17-19-36-70(66)74)60-25-20-32-64(51-60)76(61-26-10-3-11-27-61,62-28-12-4-13-29-62)63-30-14-5-15-31-63/h1-51H. The number of nitrogens with zero attached hydrogens (tertiary/aromatic N) is 3. The number of fused-ring (bicyclic) bond motifs is 6. The molecule has 0 amide bonds. The molecule has 0 aliphatic carbocycles. The summed E-state index contributed by atoms with van der Waals surface area (Å²) in [5, 5.41) is 10.3. The highest BCUT2D eigenvalue weighted by Crippen LogP contribution is 2.40. The van der Waals surface area contributed by atoms with E-state index in [0.29, 0.717) is 0 Å². The Morgan fingerprint density at radius 1 is 0.224 bits per heavy atom. The lowest BCUT2D eigenvalue weighted by atomic mass is 10.0. The van der Waals surface area contributed by atoms with Gasteiger partial charge in [0.2, 0.25) is 0 Å². The third kappa shape index (κ3) is 7.57. The van der Waals surface area contributed by atoms with Gasteiger partial charge in [0, 0.05) is 50.0 Å². The van der Waals surface area contributed by atoms with Crippen LogP contribution in [0.3, 0.4) is 0 Å². The maximum absolute atomic E-state index is 2.86. The van der Waals surface area contributed by atoms with Crippen LogP contribution in [0.5, 0.6) is 0 Å². The largest absolute Gasteiger partial charge is 0.311 e. The van der Waals surface area contributed by atoms with E-state index < -0.39 is 8.07 Å². The molecule has 3 nitrogen and oxygen atoms in total. The Hall–Kier alpha value is -9.74. The molecule has 0 spiro atoms. The minimum atomic E-state index is -2.86. The van der Waals surface area contributed by atoms with Crippen LogP contribution in [0.2, 0.25) is 0 Å². The van der Waals surface area contributed by atoms with Crippen LogP contribution in [0.4, 0.5) is 17.1 Å². The number of benzene rings is 12. The van der Waals surface area contributed by atoms with E-state index in [4.69, 9.17) is 0 Å². The van der Waals surface area contributed by atoms with E-state index in [-0.39, 0.29) is 0 Å². The molecule has 76 heavy (non-hydrogen) atoms. The molecule has 0 fully saturated rings. The maximum Gasteiger partial charge on any atom is 0.179 e. The van der Waals surface area contributed by atoms with Crippen LogP contribution in [0.15, 0.2) is 309 Å². The second-order valence-electron chi connectivity index (χ2n) is 19.7. The molecule has 0 unspecified atom stereocenters. The summed E-state index contributed by atoms with van der Waals surface area (Å²) in [6.07, 6.45) is 0. The number of rotatable bonds is 11. The molecule has 0 saturated heterocycles. The molecule has 14 rings (SSSR count). The van der Waals surface area contributed by atoms with E-state index in [1.807, 2.05) is 0 Å². The van der Waals surface area contributed by atoms with E-state index in [0.717, 1.165) is 28.4 Å². The predicted molar refractivity (Wildman–Crippen MR) is 324 cm³/mol. The van der Waals surface area contributed by atoms with Gasteiger partial charge in [0.05, 0.1) is 22.1 Å². The zero-order valence-corrected chi connectivity index (χ0v) is 42.8. The van der Waals surface area contributed by atoms with Gasteiger partial charge in [-0.2, -0.15) is 0 Å². The van der Waals surface area contributed by atoms with Crippen molar-refractivity contribution in [1.29, 1.82) is 0 Å².